The van der Waals surface area contributed by atoms with Gasteiger partial charge in [0, 0.05) is 32.4 Å². The van der Waals surface area contributed by atoms with Gasteiger partial charge in [0.2, 0.25) is 0 Å². The smallest absolute Gasteiger partial charge is 0.171 e. The van der Waals surface area contributed by atoms with E-state index in [1.807, 2.05) is 17.0 Å². The maximum atomic E-state index is 5.54. The fraction of sp³-hybridized carbons (Fsp3) is 0.500. The fourth-order valence-electron chi connectivity index (χ4n) is 1.41. The maximum absolute atomic E-state index is 5.54. The Morgan fingerprint density at radius 1 is 1.33 bits per heavy atom. The number of anilines is 1. The molecule has 84 valence electrons. The number of ether oxygens (including phenoxy) is 1. The highest BCUT2D eigenvalue weighted by Crippen LogP contribution is 2.23. The number of pyridine rings is 1. The molecule has 0 aliphatic carbocycles. The van der Waals surface area contributed by atoms with Crippen LogP contribution >= 0.6 is 0 Å². The van der Waals surface area contributed by atoms with Gasteiger partial charge in [-0.3, -0.25) is 0 Å². The number of aromatic nitrogens is 1. The summed E-state index contributed by atoms with van der Waals surface area (Å²) in [5, 5.41) is 0. The van der Waals surface area contributed by atoms with E-state index in [1.54, 1.807) is 13.3 Å². The summed E-state index contributed by atoms with van der Waals surface area (Å²) in [7, 11) is 1.63. The Bertz CT molecular complexity index is 287. The summed E-state index contributed by atoms with van der Waals surface area (Å²) >= 11 is 0. The summed E-state index contributed by atoms with van der Waals surface area (Å²) in [6.45, 7) is 2.59. The minimum atomic E-state index is 0.569. The van der Waals surface area contributed by atoms with Crippen molar-refractivity contribution in [2.45, 2.75) is 0 Å². The van der Waals surface area contributed by atoms with E-state index in [0.29, 0.717) is 13.1 Å². The van der Waals surface area contributed by atoms with Gasteiger partial charge in [0.05, 0.1) is 7.11 Å². The molecule has 0 saturated carbocycles. The van der Waals surface area contributed by atoms with E-state index in [9.17, 15) is 0 Å². The molecule has 0 atom stereocenters. The molecule has 0 aliphatic rings. The van der Waals surface area contributed by atoms with Crippen LogP contribution in [0.15, 0.2) is 18.3 Å². The van der Waals surface area contributed by atoms with Crippen molar-refractivity contribution in [3.8, 4) is 5.75 Å². The summed E-state index contributed by atoms with van der Waals surface area (Å²) in [5.41, 5.74) is 11.1. The standard InChI is InChI=1S/C10H18N4O/c1-15-9-3-2-6-13-10(9)14(7-4-11)8-5-12/h2-3,6H,4-5,7-8,11-12H2,1H3. The van der Waals surface area contributed by atoms with Gasteiger partial charge >= 0.3 is 0 Å². The second-order valence-corrected chi connectivity index (χ2v) is 3.09. The van der Waals surface area contributed by atoms with Gasteiger partial charge in [-0.05, 0) is 12.1 Å². The van der Waals surface area contributed by atoms with Crippen molar-refractivity contribution < 1.29 is 4.74 Å². The predicted octanol–water partition coefficient (Wildman–Crippen LogP) is -0.186. The summed E-state index contributed by atoms with van der Waals surface area (Å²) in [5.74, 6) is 1.55. The highest BCUT2D eigenvalue weighted by molar-refractivity contribution is 5.52. The van der Waals surface area contributed by atoms with Crippen LogP contribution in [0.4, 0.5) is 5.82 Å². The summed E-state index contributed by atoms with van der Waals surface area (Å²) in [6.07, 6.45) is 1.73. The van der Waals surface area contributed by atoms with Gasteiger partial charge < -0.3 is 21.1 Å². The van der Waals surface area contributed by atoms with Crippen LogP contribution in [-0.2, 0) is 0 Å². The molecule has 1 rings (SSSR count). The van der Waals surface area contributed by atoms with E-state index in [1.165, 1.54) is 0 Å². The number of methoxy groups -OCH3 is 1. The molecule has 0 unspecified atom stereocenters. The molecular weight excluding hydrogens is 192 g/mol. The number of hydrogen-bond donors (Lipinski definition) is 2. The highest BCUT2D eigenvalue weighted by Gasteiger charge is 2.11. The third kappa shape index (κ3) is 3.07. The largest absolute Gasteiger partial charge is 0.493 e. The second-order valence-electron chi connectivity index (χ2n) is 3.09. The zero-order valence-electron chi connectivity index (χ0n) is 9.02. The molecular formula is C10H18N4O. The van der Waals surface area contributed by atoms with Crippen LogP contribution in [0.25, 0.3) is 0 Å². The average Bonchev–Trinajstić information content (AvgIpc) is 2.29. The van der Waals surface area contributed by atoms with Crippen LogP contribution in [0, 0.1) is 0 Å². The van der Waals surface area contributed by atoms with E-state index in [0.717, 1.165) is 24.7 Å². The van der Waals surface area contributed by atoms with E-state index < -0.39 is 0 Å². The lowest BCUT2D eigenvalue weighted by molar-refractivity contribution is 0.412. The van der Waals surface area contributed by atoms with Gasteiger partial charge in [-0.1, -0.05) is 0 Å². The molecule has 0 fully saturated rings. The lowest BCUT2D eigenvalue weighted by atomic mass is 10.3. The molecule has 0 aromatic carbocycles. The van der Waals surface area contributed by atoms with Crippen LogP contribution in [0.3, 0.4) is 0 Å². The number of nitrogens with zero attached hydrogens (tertiary/aromatic N) is 2. The molecule has 1 aromatic heterocycles. The van der Waals surface area contributed by atoms with Crippen LogP contribution in [0.5, 0.6) is 5.75 Å². The van der Waals surface area contributed by atoms with Gasteiger partial charge in [0.1, 0.15) is 0 Å². The molecule has 1 heterocycles. The molecule has 0 spiro atoms. The van der Waals surface area contributed by atoms with Crippen molar-refractivity contribution in [3.05, 3.63) is 18.3 Å². The number of rotatable bonds is 6. The summed E-state index contributed by atoms with van der Waals surface area (Å²) in [6, 6.07) is 3.72. The first-order valence-electron chi connectivity index (χ1n) is 4.97. The third-order valence-electron chi connectivity index (χ3n) is 2.07. The van der Waals surface area contributed by atoms with Gasteiger partial charge in [-0.25, -0.2) is 4.98 Å². The molecule has 0 amide bonds. The summed E-state index contributed by atoms with van der Waals surface area (Å²) < 4.78 is 5.23. The van der Waals surface area contributed by atoms with Crippen LogP contribution in [0.1, 0.15) is 0 Å². The predicted molar refractivity (Wildman–Crippen MR) is 61.1 cm³/mol. The second kappa shape index (κ2) is 6.21. The average molecular weight is 210 g/mol. The van der Waals surface area contributed by atoms with Crippen molar-refractivity contribution in [2.24, 2.45) is 11.5 Å². The van der Waals surface area contributed by atoms with Crippen LogP contribution in [0.2, 0.25) is 0 Å². The normalized spacial score (nSPS) is 10.1. The van der Waals surface area contributed by atoms with Crippen LogP contribution in [-0.4, -0.2) is 38.3 Å². The van der Waals surface area contributed by atoms with Gasteiger partial charge in [0.25, 0.3) is 0 Å². The SMILES string of the molecule is COc1cccnc1N(CCN)CCN. The topological polar surface area (TPSA) is 77.4 Å². The third-order valence-corrected chi connectivity index (χ3v) is 2.07. The van der Waals surface area contributed by atoms with Gasteiger partial charge in [-0.15, -0.1) is 0 Å². The molecule has 5 nitrogen and oxygen atoms in total. The minimum absolute atomic E-state index is 0.569. The van der Waals surface area contributed by atoms with E-state index in [4.69, 9.17) is 16.2 Å². The van der Waals surface area contributed by atoms with Crippen molar-refractivity contribution >= 4 is 5.82 Å². The van der Waals surface area contributed by atoms with E-state index >= 15 is 0 Å². The highest BCUT2D eigenvalue weighted by atomic mass is 16.5. The van der Waals surface area contributed by atoms with Gasteiger partial charge in [-0.2, -0.15) is 0 Å². The summed E-state index contributed by atoms with van der Waals surface area (Å²) in [4.78, 5) is 6.30. The molecule has 0 aliphatic heterocycles. The van der Waals surface area contributed by atoms with Crippen LogP contribution < -0.4 is 21.1 Å². The Morgan fingerprint density at radius 3 is 2.53 bits per heavy atom. The van der Waals surface area contributed by atoms with E-state index in [2.05, 4.69) is 4.98 Å². The fourth-order valence-corrected chi connectivity index (χ4v) is 1.41. The lowest BCUT2D eigenvalue weighted by Gasteiger charge is -2.23. The maximum Gasteiger partial charge on any atom is 0.171 e. The minimum Gasteiger partial charge on any atom is -0.493 e. The molecule has 0 saturated heterocycles. The number of hydrogen-bond acceptors (Lipinski definition) is 5. The monoisotopic (exact) mass is 210 g/mol. The zero-order chi connectivity index (χ0) is 11.1. The molecule has 0 radical (unpaired) electrons. The lowest BCUT2D eigenvalue weighted by Crippen LogP contribution is -2.34. The number of nitrogens with two attached hydrogens (primary N) is 2. The Kier molecular flexibility index (Phi) is 4.86. The van der Waals surface area contributed by atoms with Crippen molar-refractivity contribution in [1.29, 1.82) is 0 Å². The Hall–Kier alpha value is -1.33. The first-order valence-corrected chi connectivity index (χ1v) is 4.97. The first kappa shape index (κ1) is 11.7. The zero-order valence-corrected chi connectivity index (χ0v) is 9.02. The molecule has 15 heavy (non-hydrogen) atoms. The molecule has 5 heteroatoms. The quantitative estimate of drug-likeness (QED) is 0.680. The Morgan fingerprint density at radius 2 is 2.00 bits per heavy atom. The first-order chi connectivity index (χ1) is 7.33. The molecule has 1 aromatic rings. The van der Waals surface area contributed by atoms with Gasteiger partial charge in [0.15, 0.2) is 11.6 Å². The molecule has 4 N–H and O–H groups in total. The Labute approximate surface area is 90.0 Å². The van der Waals surface area contributed by atoms with Crippen molar-refractivity contribution in [1.82, 2.24) is 4.98 Å². The van der Waals surface area contributed by atoms with E-state index in [-0.39, 0.29) is 0 Å². The Balaban J connectivity index is 2.88. The molecule has 0 bridgehead atoms. The van der Waals surface area contributed by atoms with Crippen molar-refractivity contribution in [3.63, 3.8) is 0 Å². The van der Waals surface area contributed by atoms with Crippen molar-refractivity contribution in [2.75, 3.05) is 38.2 Å².